The van der Waals surface area contributed by atoms with Gasteiger partial charge in [0, 0.05) is 0 Å². The smallest absolute Gasteiger partial charge is 0.0108 e. The van der Waals surface area contributed by atoms with Gasteiger partial charge in [0.15, 0.2) is 0 Å². The van der Waals surface area contributed by atoms with E-state index < -0.39 is 0 Å². The predicted molar refractivity (Wildman–Crippen MR) is 110 cm³/mol. The number of hydrogen-bond acceptors (Lipinski definition) is 0. The Kier molecular flexibility index (Phi) is 5.76. The average Bonchev–Trinajstić information content (AvgIpc) is 2.31. The Bertz CT molecular complexity index is 515. The second kappa shape index (κ2) is 6.50. The van der Waals surface area contributed by atoms with Crippen molar-refractivity contribution in [2.75, 3.05) is 0 Å². The maximum atomic E-state index is 2.48. The summed E-state index contributed by atoms with van der Waals surface area (Å²) in [7, 11) is 0. The molecule has 0 heterocycles. The van der Waals surface area contributed by atoms with Gasteiger partial charge in [-0.25, -0.2) is 0 Å². The zero-order valence-corrected chi connectivity index (χ0v) is 18.5. The van der Waals surface area contributed by atoms with Crippen molar-refractivity contribution >= 4 is 0 Å². The Morgan fingerprint density at radius 1 is 0.625 bits per heavy atom. The summed E-state index contributed by atoms with van der Waals surface area (Å²) in [5.41, 5.74) is 5.41. The first-order valence-corrected chi connectivity index (χ1v) is 9.57. The normalized spacial score (nSPS) is 15.5. The highest BCUT2D eigenvalue weighted by Gasteiger charge is 2.32. The summed E-state index contributed by atoms with van der Waals surface area (Å²) >= 11 is 0. The van der Waals surface area contributed by atoms with Crippen LogP contribution in [0.25, 0.3) is 0 Å². The van der Waals surface area contributed by atoms with Gasteiger partial charge in [-0.05, 0) is 50.7 Å². The van der Waals surface area contributed by atoms with Crippen LogP contribution in [0.4, 0.5) is 0 Å². The van der Waals surface area contributed by atoms with Crippen LogP contribution in [0, 0.1) is 10.8 Å². The van der Waals surface area contributed by atoms with Gasteiger partial charge in [-0.1, -0.05) is 101 Å². The molecular formula is C24H42. The zero-order valence-electron chi connectivity index (χ0n) is 18.5. The lowest BCUT2D eigenvalue weighted by Crippen LogP contribution is -2.25. The van der Waals surface area contributed by atoms with Crippen molar-refractivity contribution in [3.8, 4) is 0 Å². The highest BCUT2D eigenvalue weighted by molar-refractivity contribution is 5.39. The van der Waals surface area contributed by atoms with Gasteiger partial charge in [0.2, 0.25) is 0 Å². The van der Waals surface area contributed by atoms with Crippen LogP contribution in [0.5, 0.6) is 0 Å². The van der Waals surface area contributed by atoms with E-state index in [1.54, 1.807) is 0 Å². The van der Waals surface area contributed by atoms with Crippen LogP contribution in [-0.4, -0.2) is 0 Å². The predicted octanol–water partition coefficient (Wildman–Crippen LogP) is 7.85. The Morgan fingerprint density at radius 3 is 1.25 bits per heavy atom. The molecule has 0 bridgehead atoms. The summed E-state index contributed by atoms with van der Waals surface area (Å²) in [6.45, 7) is 28.2. The van der Waals surface area contributed by atoms with Crippen LogP contribution in [-0.2, 0) is 10.8 Å². The third-order valence-electron chi connectivity index (χ3n) is 4.95. The first-order valence-electron chi connectivity index (χ1n) is 9.57. The molecule has 24 heavy (non-hydrogen) atoms. The molecule has 0 aromatic heterocycles. The molecule has 1 aromatic rings. The van der Waals surface area contributed by atoms with E-state index in [0.717, 1.165) is 0 Å². The molecule has 0 saturated heterocycles. The van der Waals surface area contributed by atoms with Crippen molar-refractivity contribution in [1.29, 1.82) is 0 Å². The standard InChI is InChI=1S/C24H42/c1-21(2,3)16-20(24(10,11)12)17-13-18(22(4,5)6)15-19(14-17)23(7,8)9/h13-15,20H,16H2,1-12H3. The molecule has 0 N–H and O–H groups in total. The molecule has 0 nitrogen and oxygen atoms in total. The first-order chi connectivity index (χ1) is 10.4. The van der Waals surface area contributed by atoms with Crippen molar-refractivity contribution in [3.63, 3.8) is 0 Å². The zero-order chi connectivity index (χ0) is 19.1. The molecule has 138 valence electrons. The summed E-state index contributed by atoms with van der Waals surface area (Å²) in [5.74, 6) is 0.570. The summed E-state index contributed by atoms with van der Waals surface area (Å²) in [4.78, 5) is 0. The van der Waals surface area contributed by atoms with Gasteiger partial charge in [-0.2, -0.15) is 0 Å². The summed E-state index contributed by atoms with van der Waals surface area (Å²) < 4.78 is 0. The van der Waals surface area contributed by atoms with Crippen molar-refractivity contribution in [3.05, 3.63) is 34.9 Å². The summed E-state index contributed by atoms with van der Waals surface area (Å²) in [6, 6.07) is 7.40. The molecular weight excluding hydrogens is 288 g/mol. The molecule has 0 heteroatoms. The fourth-order valence-corrected chi connectivity index (χ4v) is 3.26. The van der Waals surface area contributed by atoms with Crippen LogP contribution in [0.15, 0.2) is 18.2 Å². The second-order valence-corrected chi connectivity index (χ2v) is 12.0. The van der Waals surface area contributed by atoms with E-state index in [4.69, 9.17) is 0 Å². The third-order valence-corrected chi connectivity index (χ3v) is 4.95. The van der Waals surface area contributed by atoms with Gasteiger partial charge in [-0.3, -0.25) is 0 Å². The van der Waals surface area contributed by atoms with Crippen LogP contribution in [0.3, 0.4) is 0 Å². The van der Waals surface area contributed by atoms with E-state index in [-0.39, 0.29) is 16.2 Å². The fourth-order valence-electron chi connectivity index (χ4n) is 3.26. The van der Waals surface area contributed by atoms with Crippen LogP contribution >= 0.6 is 0 Å². The molecule has 1 aromatic carbocycles. The molecule has 0 fully saturated rings. The number of benzene rings is 1. The van der Waals surface area contributed by atoms with E-state index in [2.05, 4.69) is 101 Å². The van der Waals surface area contributed by atoms with Crippen molar-refractivity contribution in [2.45, 2.75) is 106 Å². The monoisotopic (exact) mass is 330 g/mol. The van der Waals surface area contributed by atoms with E-state index >= 15 is 0 Å². The highest BCUT2D eigenvalue weighted by Crippen LogP contribution is 2.45. The Labute approximate surface area is 152 Å². The molecule has 0 aliphatic rings. The van der Waals surface area contributed by atoms with Crippen molar-refractivity contribution in [2.24, 2.45) is 10.8 Å². The van der Waals surface area contributed by atoms with Crippen molar-refractivity contribution < 1.29 is 0 Å². The van der Waals surface area contributed by atoms with Crippen LogP contribution in [0.1, 0.15) is 112 Å². The Morgan fingerprint density at radius 2 is 1.00 bits per heavy atom. The lowest BCUT2D eigenvalue weighted by atomic mass is 9.67. The van der Waals surface area contributed by atoms with Gasteiger partial charge >= 0.3 is 0 Å². The minimum atomic E-state index is 0.181. The van der Waals surface area contributed by atoms with Gasteiger partial charge in [0.05, 0.1) is 0 Å². The molecule has 1 atom stereocenters. The molecule has 0 saturated carbocycles. The number of rotatable bonds is 2. The fraction of sp³-hybridized carbons (Fsp3) is 0.750. The topological polar surface area (TPSA) is 0 Å². The van der Waals surface area contributed by atoms with Crippen molar-refractivity contribution in [1.82, 2.24) is 0 Å². The molecule has 0 aliphatic carbocycles. The molecule has 0 spiro atoms. The lowest BCUT2D eigenvalue weighted by Gasteiger charge is -2.38. The molecule has 0 radical (unpaired) electrons. The molecule has 0 amide bonds. The molecule has 0 aliphatic heterocycles. The van der Waals surface area contributed by atoms with E-state index in [1.807, 2.05) is 0 Å². The average molecular weight is 331 g/mol. The molecule has 1 rings (SSSR count). The maximum absolute atomic E-state index is 2.48. The van der Waals surface area contributed by atoms with Crippen LogP contribution in [0.2, 0.25) is 0 Å². The quantitative estimate of drug-likeness (QED) is 0.518. The van der Waals surface area contributed by atoms with E-state index in [1.165, 1.54) is 23.1 Å². The number of hydrogen-bond donors (Lipinski definition) is 0. The second-order valence-electron chi connectivity index (χ2n) is 12.0. The SMILES string of the molecule is CC(C)(C)CC(c1cc(C(C)(C)C)cc(C(C)(C)C)c1)C(C)(C)C. The van der Waals surface area contributed by atoms with Gasteiger partial charge in [0.1, 0.15) is 0 Å². The third kappa shape index (κ3) is 5.94. The minimum absolute atomic E-state index is 0.181. The summed E-state index contributed by atoms with van der Waals surface area (Å²) in [5, 5.41) is 0. The van der Waals surface area contributed by atoms with Gasteiger partial charge in [0.25, 0.3) is 0 Å². The minimum Gasteiger partial charge on any atom is -0.0602 e. The lowest BCUT2D eigenvalue weighted by molar-refractivity contribution is 0.229. The first kappa shape index (κ1) is 21.3. The Hall–Kier alpha value is -0.780. The molecule has 1 unspecified atom stereocenters. The van der Waals surface area contributed by atoms with E-state index in [0.29, 0.717) is 11.3 Å². The van der Waals surface area contributed by atoms with E-state index in [9.17, 15) is 0 Å². The van der Waals surface area contributed by atoms with Gasteiger partial charge in [-0.15, -0.1) is 0 Å². The van der Waals surface area contributed by atoms with Gasteiger partial charge < -0.3 is 0 Å². The van der Waals surface area contributed by atoms with Crippen LogP contribution < -0.4 is 0 Å². The largest absolute Gasteiger partial charge is 0.0602 e. The Balaban J connectivity index is 3.58. The highest BCUT2D eigenvalue weighted by atomic mass is 14.4. The summed E-state index contributed by atoms with van der Waals surface area (Å²) in [6.07, 6.45) is 1.22. The maximum Gasteiger partial charge on any atom is -0.0108 e.